The molecule has 118 valence electrons. The van der Waals surface area contributed by atoms with Crippen molar-refractivity contribution in [3.05, 3.63) is 29.3 Å². The maximum atomic E-state index is 5.80. The van der Waals surface area contributed by atoms with E-state index in [9.17, 15) is 0 Å². The molecule has 1 aliphatic rings. The first-order valence-electron chi connectivity index (χ1n) is 7.04. The van der Waals surface area contributed by atoms with Gasteiger partial charge in [-0.05, 0) is 24.1 Å². The number of hydrogen-bond acceptors (Lipinski definition) is 5. The lowest BCUT2D eigenvalue weighted by Crippen LogP contribution is -2.43. The molecule has 0 atom stereocenters. The van der Waals surface area contributed by atoms with Crippen molar-refractivity contribution < 1.29 is 22.8 Å². The Kier molecular flexibility index (Phi) is 5.06. The fraction of sp³-hybridized carbons (Fsp3) is 0.600. The van der Waals surface area contributed by atoms with Crippen LogP contribution in [0.1, 0.15) is 25.0 Å². The number of hydrogen-bond donors (Lipinski definition) is 0. The molecule has 0 amide bonds. The Morgan fingerprint density at radius 3 is 2.43 bits per heavy atom. The number of benzene rings is 1. The monoisotopic (exact) mass is 312 g/mol. The first-order valence-corrected chi connectivity index (χ1v) is 8.97. The second-order valence-electron chi connectivity index (χ2n) is 5.53. The van der Waals surface area contributed by atoms with E-state index in [1.54, 1.807) is 21.3 Å². The minimum atomic E-state index is -2.52. The van der Waals surface area contributed by atoms with E-state index in [0.717, 1.165) is 23.8 Å². The van der Waals surface area contributed by atoms with E-state index in [4.69, 9.17) is 22.8 Å². The first-order chi connectivity index (χ1) is 9.93. The number of ether oxygens (including phenoxy) is 2. The smallest absolute Gasteiger partial charge is 0.463 e. The highest BCUT2D eigenvalue weighted by molar-refractivity contribution is 6.60. The molecule has 5 nitrogen and oxygen atoms in total. The molecule has 1 aromatic carbocycles. The first kappa shape index (κ1) is 16.4. The second-order valence-corrected chi connectivity index (χ2v) is 8.62. The summed E-state index contributed by atoms with van der Waals surface area (Å²) in [6.07, 6.45) is 0.832. The van der Waals surface area contributed by atoms with Crippen molar-refractivity contribution in [2.24, 2.45) is 0 Å². The molecule has 0 radical (unpaired) electrons. The van der Waals surface area contributed by atoms with Gasteiger partial charge in [0.15, 0.2) is 0 Å². The molecule has 2 rings (SSSR count). The minimum Gasteiger partial charge on any atom is -0.463 e. The van der Waals surface area contributed by atoms with E-state index in [-0.39, 0.29) is 0 Å². The highest BCUT2D eigenvalue weighted by atomic mass is 28.4. The summed E-state index contributed by atoms with van der Waals surface area (Å²) in [7, 11) is 2.38. The van der Waals surface area contributed by atoms with Crippen molar-refractivity contribution in [1.29, 1.82) is 0 Å². The molecule has 0 spiro atoms. The Morgan fingerprint density at radius 1 is 1.14 bits per heavy atom. The molecule has 21 heavy (non-hydrogen) atoms. The zero-order valence-electron chi connectivity index (χ0n) is 13.4. The lowest BCUT2D eigenvalue weighted by molar-refractivity contribution is -0.180. The molecule has 1 aliphatic heterocycles. The van der Waals surface area contributed by atoms with Gasteiger partial charge in [-0.3, -0.25) is 0 Å². The Balaban J connectivity index is 2.06. The van der Waals surface area contributed by atoms with Gasteiger partial charge in [-0.15, -0.1) is 0 Å². The lowest BCUT2D eigenvalue weighted by Gasteiger charge is -2.32. The summed E-state index contributed by atoms with van der Waals surface area (Å²) >= 11 is 0. The lowest BCUT2D eigenvalue weighted by atomic mass is 10.1. The Labute approximate surface area is 127 Å². The molecular weight excluding hydrogens is 288 g/mol. The third-order valence-corrected chi connectivity index (χ3v) is 6.44. The molecule has 1 aromatic rings. The van der Waals surface area contributed by atoms with Crippen molar-refractivity contribution >= 4 is 8.80 Å². The maximum absolute atomic E-state index is 5.80. The summed E-state index contributed by atoms with van der Waals surface area (Å²) in [6.45, 7) is 4.40. The molecule has 0 saturated carbocycles. The van der Waals surface area contributed by atoms with Gasteiger partial charge in [0.1, 0.15) is 5.75 Å². The summed E-state index contributed by atoms with van der Waals surface area (Å²) in [5.74, 6) is 0.336. The second kappa shape index (κ2) is 6.45. The third kappa shape index (κ3) is 3.84. The van der Waals surface area contributed by atoms with Gasteiger partial charge in [0.2, 0.25) is 5.79 Å². The molecule has 0 saturated heterocycles. The van der Waals surface area contributed by atoms with Gasteiger partial charge in [0, 0.05) is 46.8 Å². The van der Waals surface area contributed by atoms with Crippen LogP contribution in [0.3, 0.4) is 0 Å². The van der Waals surface area contributed by atoms with Gasteiger partial charge in [0.05, 0.1) is 6.61 Å². The zero-order chi connectivity index (χ0) is 15.5. The van der Waals surface area contributed by atoms with Crippen molar-refractivity contribution in [2.45, 2.75) is 38.7 Å². The van der Waals surface area contributed by atoms with Crippen LogP contribution in [-0.2, 0) is 31.0 Å². The number of aryl methyl sites for hydroxylation is 1. The average molecular weight is 312 g/mol. The number of rotatable bonds is 6. The molecule has 0 N–H and O–H groups in total. The van der Waals surface area contributed by atoms with Crippen LogP contribution in [0.5, 0.6) is 5.75 Å². The molecule has 0 bridgehead atoms. The van der Waals surface area contributed by atoms with Gasteiger partial charge < -0.3 is 22.8 Å². The standard InChI is InChI=1S/C15H24O5Si/c1-15(2)19-11-13-10-12(6-7-14(13)20-15)8-9-21(16-3,17-4)18-5/h6-7,10H,8-9,11H2,1-5H3. The summed E-state index contributed by atoms with van der Waals surface area (Å²) in [6, 6.07) is 6.93. The van der Waals surface area contributed by atoms with E-state index in [1.165, 1.54) is 5.56 Å². The average Bonchev–Trinajstić information content (AvgIpc) is 2.48. The predicted octanol–water partition coefficient (Wildman–Crippen LogP) is 2.75. The van der Waals surface area contributed by atoms with Gasteiger partial charge in [0.25, 0.3) is 0 Å². The topological polar surface area (TPSA) is 46.2 Å². The van der Waals surface area contributed by atoms with E-state index >= 15 is 0 Å². The SMILES string of the molecule is CO[Si](CCc1ccc2c(c1)COC(C)(C)O2)(OC)OC. The zero-order valence-corrected chi connectivity index (χ0v) is 14.4. The van der Waals surface area contributed by atoms with Crippen molar-refractivity contribution in [2.75, 3.05) is 21.3 Å². The van der Waals surface area contributed by atoms with Crippen molar-refractivity contribution in [3.63, 3.8) is 0 Å². The molecule has 0 aromatic heterocycles. The molecule has 0 fully saturated rings. The van der Waals surface area contributed by atoms with Gasteiger partial charge >= 0.3 is 8.80 Å². The number of fused-ring (bicyclic) bond motifs is 1. The van der Waals surface area contributed by atoms with Crippen molar-refractivity contribution in [1.82, 2.24) is 0 Å². The van der Waals surface area contributed by atoms with E-state index in [0.29, 0.717) is 6.61 Å². The van der Waals surface area contributed by atoms with E-state index in [1.807, 2.05) is 19.9 Å². The fourth-order valence-corrected chi connectivity index (χ4v) is 4.11. The van der Waals surface area contributed by atoms with Crippen LogP contribution in [-0.4, -0.2) is 35.9 Å². The molecule has 0 unspecified atom stereocenters. The van der Waals surface area contributed by atoms with Gasteiger partial charge in [-0.25, -0.2) is 0 Å². The Morgan fingerprint density at radius 2 is 1.81 bits per heavy atom. The highest BCUT2D eigenvalue weighted by Gasteiger charge is 2.37. The largest absolute Gasteiger partial charge is 0.500 e. The predicted molar refractivity (Wildman–Crippen MR) is 81.2 cm³/mol. The van der Waals surface area contributed by atoms with E-state index < -0.39 is 14.6 Å². The van der Waals surface area contributed by atoms with Crippen LogP contribution in [0, 0.1) is 0 Å². The molecule has 1 heterocycles. The maximum Gasteiger partial charge on any atom is 0.500 e. The van der Waals surface area contributed by atoms with Crippen LogP contribution < -0.4 is 4.74 Å². The van der Waals surface area contributed by atoms with Crippen molar-refractivity contribution in [3.8, 4) is 5.75 Å². The molecule has 6 heteroatoms. The summed E-state index contributed by atoms with van der Waals surface area (Å²) in [5.41, 5.74) is 2.27. The highest BCUT2D eigenvalue weighted by Crippen LogP contribution is 2.32. The van der Waals surface area contributed by atoms with Crippen LogP contribution >= 0.6 is 0 Å². The summed E-state index contributed by atoms with van der Waals surface area (Å²) in [5, 5.41) is 0. The van der Waals surface area contributed by atoms with E-state index in [2.05, 4.69) is 12.1 Å². The van der Waals surface area contributed by atoms with Gasteiger partial charge in [-0.1, -0.05) is 6.07 Å². The fourth-order valence-electron chi connectivity index (χ4n) is 2.40. The third-order valence-electron chi connectivity index (χ3n) is 3.71. The Hall–Kier alpha value is -0.923. The quantitative estimate of drug-likeness (QED) is 0.756. The van der Waals surface area contributed by atoms with Crippen LogP contribution in [0.4, 0.5) is 0 Å². The normalized spacial score (nSPS) is 17.2. The molecule has 0 aliphatic carbocycles. The summed E-state index contributed by atoms with van der Waals surface area (Å²) < 4.78 is 27.8. The van der Waals surface area contributed by atoms with Crippen LogP contribution in [0.15, 0.2) is 18.2 Å². The van der Waals surface area contributed by atoms with Gasteiger partial charge in [-0.2, -0.15) is 0 Å². The minimum absolute atomic E-state index is 0.557. The Bertz CT molecular complexity index is 477. The van der Waals surface area contributed by atoms with Crippen LogP contribution in [0.25, 0.3) is 0 Å². The summed E-state index contributed by atoms with van der Waals surface area (Å²) in [4.78, 5) is 0. The van der Waals surface area contributed by atoms with Crippen LogP contribution in [0.2, 0.25) is 6.04 Å². The molecular formula is C15H24O5Si.